The van der Waals surface area contributed by atoms with Gasteiger partial charge in [0.1, 0.15) is 11.6 Å². The number of primary sulfonamides is 1. The molecule has 1 aromatic rings. The molecule has 0 radical (unpaired) electrons. The van der Waals surface area contributed by atoms with E-state index in [2.05, 4.69) is 9.72 Å². The molecule has 0 amide bonds. The molecule has 0 aliphatic heterocycles. The molecule has 0 spiro atoms. The number of methoxy groups -OCH3 is 1. The fourth-order valence-electron chi connectivity index (χ4n) is 1.19. The standard InChI is InChI=1S/C8H7F2N3O3S/c1-16-5-3-13-8(17(12,14)15)6(7(9)10)4(5)2-11/h3,7H,1H3,(H2,12,14,15). The van der Waals surface area contributed by atoms with Crippen molar-refractivity contribution in [3.8, 4) is 11.8 Å². The summed E-state index contributed by atoms with van der Waals surface area (Å²) in [6.07, 6.45) is -2.36. The highest BCUT2D eigenvalue weighted by atomic mass is 32.2. The van der Waals surface area contributed by atoms with Crippen LogP contribution in [0.15, 0.2) is 11.2 Å². The summed E-state index contributed by atoms with van der Waals surface area (Å²) in [6.45, 7) is 0. The summed E-state index contributed by atoms with van der Waals surface area (Å²) in [5, 5.41) is 12.5. The van der Waals surface area contributed by atoms with Crippen LogP contribution in [0.5, 0.6) is 5.75 Å². The number of nitrogens with two attached hydrogens (primary N) is 1. The summed E-state index contributed by atoms with van der Waals surface area (Å²) in [5.41, 5.74) is -1.64. The third kappa shape index (κ3) is 2.48. The van der Waals surface area contributed by atoms with Gasteiger partial charge in [-0.2, -0.15) is 5.26 Å². The third-order valence-corrected chi connectivity index (χ3v) is 2.73. The van der Waals surface area contributed by atoms with E-state index in [0.717, 1.165) is 13.3 Å². The fourth-order valence-corrected chi connectivity index (χ4v) is 1.89. The number of hydrogen-bond donors (Lipinski definition) is 1. The van der Waals surface area contributed by atoms with Gasteiger partial charge in [-0.3, -0.25) is 0 Å². The second-order valence-electron chi connectivity index (χ2n) is 2.88. The molecule has 0 atom stereocenters. The number of rotatable bonds is 3. The highest BCUT2D eigenvalue weighted by Crippen LogP contribution is 2.32. The molecule has 0 bridgehead atoms. The van der Waals surface area contributed by atoms with Crippen molar-refractivity contribution in [3.63, 3.8) is 0 Å². The zero-order valence-corrected chi connectivity index (χ0v) is 9.33. The van der Waals surface area contributed by atoms with Crippen LogP contribution >= 0.6 is 0 Å². The molecule has 0 unspecified atom stereocenters. The molecule has 0 aliphatic carbocycles. The number of nitriles is 1. The van der Waals surface area contributed by atoms with Crippen molar-refractivity contribution in [3.05, 3.63) is 17.3 Å². The highest BCUT2D eigenvalue weighted by molar-refractivity contribution is 7.89. The Balaban J connectivity index is 3.74. The number of alkyl halides is 2. The lowest BCUT2D eigenvalue weighted by molar-refractivity contribution is 0.146. The maximum absolute atomic E-state index is 12.8. The Morgan fingerprint density at radius 3 is 2.53 bits per heavy atom. The molecule has 1 aromatic heterocycles. The molecule has 1 rings (SSSR count). The van der Waals surface area contributed by atoms with Crippen molar-refractivity contribution in [1.82, 2.24) is 4.98 Å². The van der Waals surface area contributed by atoms with E-state index >= 15 is 0 Å². The lowest BCUT2D eigenvalue weighted by Gasteiger charge is -2.10. The van der Waals surface area contributed by atoms with Gasteiger partial charge in [-0.1, -0.05) is 0 Å². The van der Waals surface area contributed by atoms with Crippen LogP contribution in [-0.4, -0.2) is 20.5 Å². The van der Waals surface area contributed by atoms with Gasteiger partial charge >= 0.3 is 0 Å². The van der Waals surface area contributed by atoms with E-state index in [1.807, 2.05) is 0 Å². The van der Waals surface area contributed by atoms with Crippen LogP contribution in [-0.2, 0) is 10.0 Å². The minimum absolute atomic E-state index is 0.241. The van der Waals surface area contributed by atoms with E-state index in [4.69, 9.17) is 10.4 Å². The zero-order chi connectivity index (χ0) is 13.2. The largest absolute Gasteiger partial charge is 0.494 e. The smallest absolute Gasteiger partial charge is 0.268 e. The Morgan fingerprint density at radius 1 is 1.59 bits per heavy atom. The number of nitrogens with zero attached hydrogens (tertiary/aromatic N) is 2. The maximum atomic E-state index is 12.8. The molecular formula is C8H7F2N3O3S. The van der Waals surface area contributed by atoms with E-state index in [1.54, 1.807) is 0 Å². The number of ether oxygens (including phenoxy) is 1. The normalized spacial score (nSPS) is 11.3. The van der Waals surface area contributed by atoms with E-state index in [1.165, 1.54) is 6.07 Å². The van der Waals surface area contributed by atoms with Crippen LogP contribution in [0.3, 0.4) is 0 Å². The van der Waals surface area contributed by atoms with Gasteiger partial charge in [0, 0.05) is 0 Å². The lowest BCUT2D eigenvalue weighted by atomic mass is 10.1. The summed E-state index contributed by atoms with van der Waals surface area (Å²) >= 11 is 0. The molecule has 0 fully saturated rings. The number of pyridine rings is 1. The van der Waals surface area contributed by atoms with Crippen LogP contribution in [0.1, 0.15) is 17.6 Å². The van der Waals surface area contributed by atoms with Crippen LogP contribution in [0, 0.1) is 11.3 Å². The van der Waals surface area contributed by atoms with Crippen molar-refractivity contribution in [1.29, 1.82) is 5.26 Å². The molecule has 9 heteroatoms. The molecule has 0 aromatic carbocycles. The Morgan fingerprint density at radius 2 is 2.18 bits per heavy atom. The Bertz CT molecular complexity index is 580. The van der Waals surface area contributed by atoms with Crippen molar-refractivity contribution >= 4 is 10.0 Å². The Kier molecular flexibility index (Phi) is 3.59. The van der Waals surface area contributed by atoms with Gasteiger partial charge < -0.3 is 4.74 Å². The van der Waals surface area contributed by atoms with Gasteiger partial charge in [-0.25, -0.2) is 27.3 Å². The zero-order valence-electron chi connectivity index (χ0n) is 8.52. The summed E-state index contributed by atoms with van der Waals surface area (Å²) in [5.74, 6) is -0.241. The number of aromatic nitrogens is 1. The SMILES string of the molecule is COc1cnc(S(N)(=O)=O)c(C(F)F)c1C#N. The number of hydrogen-bond acceptors (Lipinski definition) is 5. The van der Waals surface area contributed by atoms with Gasteiger partial charge in [0.2, 0.25) is 0 Å². The van der Waals surface area contributed by atoms with Crippen molar-refractivity contribution in [2.24, 2.45) is 5.14 Å². The van der Waals surface area contributed by atoms with Crippen molar-refractivity contribution in [2.75, 3.05) is 7.11 Å². The molecule has 1 heterocycles. The molecule has 17 heavy (non-hydrogen) atoms. The second-order valence-corrected chi connectivity index (χ2v) is 4.35. The molecule has 0 saturated carbocycles. The molecule has 0 aliphatic rings. The minimum Gasteiger partial charge on any atom is -0.494 e. The van der Waals surface area contributed by atoms with Gasteiger partial charge in [0.25, 0.3) is 16.4 Å². The van der Waals surface area contributed by atoms with Crippen LogP contribution in [0.4, 0.5) is 8.78 Å². The number of halogens is 2. The monoisotopic (exact) mass is 263 g/mol. The first kappa shape index (κ1) is 13.3. The summed E-state index contributed by atoms with van der Waals surface area (Å²) in [7, 11) is -3.29. The average Bonchev–Trinajstić information content (AvgIpc) is 2.25. The topological polar surface area (TPSA) is 106 Å². The fraction of sp³-hybridized carbons (Fsp3) is 0.250. The van der Waals surface area contributed by atoms with E-state index in [9.17, 15) is 17.2 Å². The molecule has 0 saturated heterocycles. The van der Waals surface area contributed by atoms with E-state index < -0.39 is 32.6 Å². The lowest BCUT2D eigenvalue weighted by Crippen LogP contribution is -2.18. The van der Waals surface area contributed by atoms with Crippen LogP contribution < -0.4 is 9.88 Å². The number of sulfonamides is 1. The first-order chi connectivity index (χ1) is 7.82. The van der Waals surface area contributed by atoms with Crippen molar-refractivity contribution in [2.45, 2.75) is 11.5 Å². The highest BCUT2D eigenvalue weighted by Gasteiger charge is 2.28. The molecule has 6 nitrogen and oxygen atoms in total. The second kappa shape index (κ2) is 4.60. The minimum atomic E-state index is -4.43. The summed E-state index contributed by atoms with van der Waals surface area (Å²) in [6, 6.07) is 1.44. The Labute approximate surface area is 95.7 Å². The molecule has 2 N–H and O–H groups in total. The van der Waals surface area contributed by atoms with E-state index in [0.29, 0.717) is 0 Å². The summed E-state index contributed by atoms with van der Waals surface area (Å²) < 4.78 is 52.3. The van der Waals surface area contributed by atoms with Crippen LogP contribution in [0.25, 0.3) is 0 Å². The average molecular weight is 263 g/mol. The first-order valence-electron chi connectivity index (χ1n) is 4.10. The maximum Gasteiger partial charge on any atom is 0.268 e. The van der Waals surface area contributed by atoms with Gasteiger partial charge in [-0.05, 0) is 0 Å². The van der Waals surface area contributed by atoms with Gasteiger partial charge in [0.05, 0.1) is 18.9 Å². The Hall–Kier alpha value is -1.79. The first-order valence-corrected chi connectivity index (χ1v) is 5.65. The third-order valence-electron chi connectivity index (χ3n) is 1.86. The van der Waals surface area contributed by atoms with Crippen molar-refractivity contribution < 1.29 is 21.9 Å². The molecular weight excluding hydrogens is 256 g/mol. The van der Waals surface area contributed by atoms with Gasteiger partial charge in [-0.15, -0.1) is 0 Å². The predicted molar refractivity (Wildman–Crippen MR) is 51.8 cm³/mol. The predicted octanol–water partition coefficient (Wildman–Crippen LogP) is 0.547. The summed E-state index contributed by atoms with van der Waals surface area (Å²) in [4.78, 5) is 3.28. The quantitative estimate of drug-likeness (QED) is 0.856. The molecule has 92 valence electrons. The van der Waals surface area contributed by atoms with E-state index in [-0.39, 0.29) is 5.75 Å². The van der Waals surface area contributed by atoms with Gasteiger partial charge in [0.15, 0.2) is 10.8 Å². The van der Waals surface area contributed by atoms with Crippen LogP contribution in [0.2, 0.25) is 0 Å².